The van der Waals surface area contributed by atoms with E-state index in [2.05, 4.69) is 32.0 Å². The normalized spacial score (nSPS) is 26.2. The van der Waals surface area contributed by atoms with Crippen molar-refractivity contribution in [2.45, 2.75) is 81.8 Å². The molecule has 2 unspecified atom stereocenters. The van der Waals surface area contributed by atoms with Gasteiger partial charge in [0.2, 0.25) is 21.8 Å². The quantitative estimate of drug-likeness (QED) is 0.297. The molecule has 2 saturated carbocycles. The molecule has 57 heavy (non-hydrogen) atoms. The minimum absolute atomic E-state index is 0.0601. The lowest BCUT2D eigenvalue weighted by atomic mass is 9.85. The Balaban J connectivity index is 1.30. The van der Waals surface area contributed by atoms with Crippen molar-refractivity contribution in [3.8, 4) is 11.1 Å². The summed E-state index contributed by atoms with van der Waals surface area (Å²) in [5, 5.41) is 10.3. The molecular weight excluding hydrogens is 753 g/mol. The number of nitrogens with zero attached hydrogens (tertiary/aromatic N) is 5. The highest BCUT2D eigenvalue weighted by Crippen LogP contribution is 2.46. The van der Waals surface area contributed by atoms with Gasteiger partial charge in [-0.1, -0.05) is 57.2 Å². The number of benzene rings is 1. The van der Waals surface area contributed by atoms with Crippen LogP contribution < -0.4 is 25.8 Å². The van der Waals surface area contributed by atoms with Gasteiger partial charge in [-0.2, -0.15) is 5.10 Å². The lowest BCUT2D eigenvalue weighted by Gasteiger charge is -2.35. The first kappa shape index (κ1) is 39.6. The average molecular weight is 801 g/mol. The second-order valence-electron chi connectivity index (χ2n) is 16.4. The van der Waals surface area contributed by atoms with Gasteiger partial charge in [-0.15, -0.1) is 6.58 Å². The Morgan fingerprint density at radius 1 is 1.12 bits per heavy atom. The predicted molar refractivity (Wildman–Crippen MR) is 212 cm³/mol. The molecular formula is C40H48N8O8S. The number of sulfonamides is 1. The zero-order valence-electron chi connectivity index (χ0n) is 32.4. The molecule has 2 aliphatic carbocycles. The van der Waals surface area contributed by atoms with Crippen molar-refractivity contribution >= 4 is 50.4 Å². The van der Waals surface area contributed by atoms with E-state index >= 15 is 0 Å². The number of hydrogen-bond acceptors (Lipinski definition) is 11. The van der Waals surface area contributed by atoms with Crippen LogP contribution in [0.25, 0.3) is 22.0 Å². The molecule has 5 heterocycles. The summed E-state index contributed by atoms with van der Waals surface area (Å²) in [6.45, 7) is 9.34. The lowest BCUT2D eigenvalue weighted by molar-refractivity contribution is -0.142. The van der Waals surface area contributed by atoms with Crippen LogP contribution in [0, 0.1) is 11.3 Å². The maximum atomic E-state index is 14.8. The van der Waals surface area contributed by atoms with Gasteiger partial charge in [-0.05, 0) is 48.8 Å². The van der Waals surface area contributed by atoms with E-state index in [4.69, 9.17) is 4.74 Å². The van der Waals surface area contributed by atoms with E-state index in [-0.39, 0.29) is 26.0 Å². The van der Waals surface area contributed by atoms with E-state index in [0.717, 1.165) is 5.39 Å². The molecule has 3 N–H and O–H groups in total. The molecule has 1 aromatic carbocycles. The Morgan fingerprint density at radius 2 is 1.89 bits per heavy atom. The van der Waals surface area contributed by atoms with Gasteiger partial charge >= 0.3 is 6.09 Å². The Kier molecular flexibility index (Phi) is 10.5. The van der Waals surface area contributed by atoms with E-state index in [1.807, 2.05) is 48.4 Å². The maximum Gasteiger partial charge on any atom is 0.408 e. The summed E-state index contributed by atoms with van der Waals surface area (Å²) < 4.78 is 34.4. The second-order valence-corrected chi connectivity index (χ2v) is 18.3. The average Bonchev–Trinajstić information content (AvgIpc) is 4.10. The number of ether oxygens (including phenoxy) is 1. The fourth-order valence-electron chi connectivity index (χ4n) is 7.68. The van der Waals surface area contributed by atoms with Crippen LogP contribution in [0.2, 0.25) is 0 Å². The van der Waals surface area contributed by atoms with Crippen LogP contribution in [0.15, 0.2) is 72.3 Å². The molecule has 5 atom stereocenters. The highest BCUT2D eigenvalue weighted by atomic mass is 32.2. The SMILES string of the molecule is C=CC1CC1(NC(=O)[C@@H]1C[C@@H]2CN1C(=O)[C@H](C(C)(C)C)NC(=O)OC/C=C/CCN(C)c1cnn2c(=O)c1-c1ccc2cccnc2c1)C(=O)NS(=O)(=O)C1CC1. The number of hydrogen-bond donors (Lipinski definition) is 3. The molecule has 1 saturated heterocycles. The molecule has 17 heteroatoms. The lowest BCUT2D eigenvalue weighted by Crippen LogP contribution is -2.60. The van der Waals surface area contributed by atoms with E-state index in [0.29, 0.717) is 48.1 Å². The summed E-state index contributed by atoms with van der Waals surface area (Å²) in [7, 11) is -2.10. The van der Waals surface area contributed by atoms with Crippen LogP contribution in [0.5, 0.6) is 0 Å². The van der Waals surface area contributed by atoms with Gasteiger partial charge < -0.3 is 25.2 Å². The number of pyridine rings is 1. The molecule has 3 aliphatic heterocycles. The summed E-state index contributed by atoms with van der Waals surface area (Å²) >= 11 is 0. The fourth-order valence-corrected chi connectivity index (χ4v) is 9.04. The minimum Gasteiger partial charge on any atom is -0.445 e. The molecule has 302 valence electrons. The van der Waals surface area contributed by atoms with Crippen molar-refractivity contribution < 1.29 is 32.3 Å². The van der Waals surface area contributed by atoms with Crippen LogP contribution >= 0.6 is 0 Å². The number of fused-ring (bicyclic) bond motifs is 12. The first-order valence-electron chi connectivity index (χ1n) is 19.1. The monoisotopic (exact) mass is 800 g/mol. The third kappa shape index (κ3) is 7.89. The van der Waals surface area contributed by atoms with Crippen LogP contribution in [0.1, 0.15) is 58.9 Å². The van der Waals surface area contributed by atoms with Gasteiger partial charge in [-0.3, -0.25) is 28.9 Å². The van der Waals surface area contributed by atoms with E-state index < -0.39 is 79.6 Å². The van der Waals surface area contributed by atoms with Crippen molar-refractivity contribution in [2.75, 3.05) is 31.6 Å². The zero-order chi connectivity index (χ0) is 40.9. The molecule has 5 aliphatic rings. The smallest absolute Gasteiger partial charge is 0.408 e. The van der Waals surface area contributed by atoms with E-state index in [1.165, 1.54) is 15.7 Å². The van der Waals surface area contributed by atoms with Gasteiger partial charge in [0, 0.05) is 44.1 Å². The standard InChI is InChI=1S/C40H48N8O8S/c1-6-26-21-40(26,37(52)45-57(54,55)28-14-15-28)44-34(49)30-20-27-23-47(30)36(51)33(39(2,3)4)43-38(53)56-18-9-7-8-17-46(5)31-22-42-48(27)35(50)32(31)25-13-12-24-11-10-16-41-29(24)19-25/h6-7,9-13,16,19,22,26-28,30,33H,1,8,14-15,17-18,20-21,23H2,2-5H3,(H,43,53)(H,44,49)(H,45,52)/b9-7+/t26?,27-,30+,33-,40?/m1/s1. The van der Waals surface area contributed by atoms with Gasteiger partial charge in [0.15, 0.2) is 0 Å². The van der Waals surface area contributed by atoms with Gasteiger partial charge in [0.1, 0.15) is 24.2 Å². The zero-order valence-corrected chi connectivity index (χ0v) is 33.3. The summed E-state index contributed by atoms with van der Waals surface area (Å²) in [5.41, 5.74) is -0.717. The molecule has 3 aromatic rings. The van der Waals surface area contributed by atoms with Crippen molar-refractivity contribution in [3.63, 3.8) is 0 Å². The molecule has 0 spiro atoms. The maximum absolute atomic E-state index is 14.8. The summed E-state index contributed by atoms with van der Waals surface area (Å²) in [6, 6.07) is 6.09. The minimum atomic E-state index is -3.94. The number of anilines is 1. The predicted octanol–water partition coefficient (Wildman–Crippen LogP) is 2.81. The number of carbonyl (C=O) groups excluding carboxylic acids is 4. The largest absolute Gasteiger partial charge is 0.445 e. The molecule has 0 radical (unpaired) electrons. The topological polar surface area (TPSA) is 202 Å². The number of carbonyl (C=O) groups is 4. The van der Waals surface area contributed by atoms with Crippen molar-refractivity contribution in [3.05, 3.63) is 77.9 Å². The number of aromatic nitrogens is 3. The number of alkyl carbamates (subject to hydrolysis) is 1. The third-order valence-electron chi connectivity index (χ3n) is 11.2. The van der Waals surface area contributed by atoms with Crippen molar-refractivity contribution in [1.82, 2.24) is 35.0 Å². The Bertz CT molecular complexity index is 2330. The van der Waals surface area contributed by atoms with Crippen LogP contribution in [0.3, 0.4) is 0 Å². The molecule has 3 fully saturated rings. The van der Waals surface area contributed by atoms with Crippen molar-refractivity contribution in [1.29, 1.82) is 0 Å². The first-order chi connectivity index (χ1) is 27.0. The summed E-state index contributed by atoms with van der Waals surface area (Å²) in [5.74, 6) is -2.79. The number of amides is 4. The number of nitrogens with one attached hydrogen (secondary N) is 3. The van der Waals surface area contributed by atoms with E-state index in [9.17, 15) is 32.4 Å². The summed E-state index contributed by atoms with van der Waals surface area (Å²) in [4.78, 5) is 78.3. The number of rotatable bonds is 7. The van der Waals surface area contributed by atoms with Crippen LogP contribution in [0.4, 0.5) is 10.5 Å². The van der Waals surface area contributed by atoms with E-state index in [1.54, 1.807) is 39.2 Å². The Labute approximate surface area is 330 Å². The molecule has 16 nitrogen and oxygen atoms in total. The Morgan fingerprint density at radius 3 is 2.60 bits per heavy atom. The second kappa shape index (κ2) is 15.1. The first-order valence-corrected chi connectivity index (χ1v) is 20.7. The van der Waals surface area contributed by atoms with Crippen molar-refractivity contribution in [2.24, 2.45) is 11.3 Å². The van der Waals surface area contributed by atoms with Gasteiger partial charge in [-0.25, -0.2) is 17.9 Å². The van der Waals surface area contributed by atoms with Crippen LogP contribution in [-0.4, -0.2) is 102 Å². The fraction of sp³-hybridized carbons (Fsp3) is 0.475. The third-order valence-corrected chi connectivity index (χ3v) is 13.1. The Hall–Kier alpha value is -5.58. The molecule has 8 rings (SSSR count). The molecule has 4 amide bonds. The molecule has 4 bridgehead atoms. The highest BCUT2D eigenvalue weighted by Gasteiger charge is 2.62. The van der Waals surface area contributed by atoms with Crippen LogP contribution in [-0.2, 0) is 29.1 Å². The van der Waals surface area contributed by atoms with Gasteiger partial charge in [0.05, 0.1) is 34.3 Å². The molecule has 2 aromatic heterocycles. The summed E-state index contributed by atoms with van der Waals surface area (Å²) in [6.07, 6.45) is 8.92. The highest BCUT2D eigenvalue weighted by molar-refractivity contribution is 7.91. The van der Waals surface area contributed by atoms with Gasteiger partial charge in [0.25, 0.3) is 11.5 Å².